The number of carbonyl (C=O) groups excluding carboxylic acids is 1. The lowest BCUT2D eigenvalue weighted by atomic mass is 9.70. The third-order valence-electron chi connectivity index (χ3n) is 16.2. The average Bonchev–Trinajstić information content (AvgIpc) is 3.42. The van der Waals surface area contributed by atoms with E-state index >= 15 is 0 Å². The maximum atomic E-state index is 14.6. The first-order valence-corrected chi connectivity index (χ1v) is 26.9. The molecule has 6 aromatic carbocycles. The average molecular weight is 1020 g/mol. The second kappa shape index (κ2) is 26.3. The van der Waals surface area contributed by atoms with Gasteiger partial charge in [-0.3, -0.25) is 9.59 Å². The molecular formula is C67H80F2O6. The van der Waals surface area contributed by atoms with E-state index in [1.807, 2.05) is 82.3 Å². The molecule has 0 aromatic heterocycles. The summed E-state index contributed by atoms with van der Waals surface area (Å²) in [5.74, 6) is -2.41. The zero-order valence-electron chi connectivity index (χ0n) is 46.2. The molecule has 0 unspecified atom stereocenters. The largest absolute Gasteiger partial charge is 0.481 e. The van der Waals surface area contributed by atoms with Gasteiger partial charge in [0.05, 0.1) is 31.2 Å². The predicted molar refractivity (Wildman–Crippen MR) is 305 cm³/mol. The quantitative estimate of drug-likeness (QED) is 0.0585. The van der Waals surface area contributed by atoms with Crippen molar-refractivity contribution in [2.45, 2.75) is 155 Å². The second-order valence-corrected chi connectivity index (χ2v) is 20.1. The Hall–Kier alpha value is -6.48. The molecule has 0 bridgehead atoms. The van der Waals surface area contributed by atoms with Crippen LogP contribution in [-0.4, -0.2) is 45.6 Å². The van der Waals surface area contributed by atoms with Gasteiger partial charge in [0, 0.05) is 10.8 Å². The summed E-state index contributed by atoms with van der Waals surface area (Å²) in [6.45, 7) is 21.1. The summed E-state index contributed by atoms with van der Waals surface area (Å²) >= 11 is 0. The number of esters is 1. The molecule has 0 aliphatic carbocycles. The lowest BCUT2D eigenvalue weighted by Gasteiger charge is -2.34. The first-order chi connectivity index (χ1) is 35.8. The first kappa shape index (κ1) is 59.4. The number of benzene rings is 6. The molecule has 0 saturated heterocycles. The van der Waals surface area contributed by atoms with Gasteiger partial charge in [-0.2, -0.15) is 0 Å². The van der Waals surface area contributed by atoms with Crippen molar-refractivity contribution in [2.24, 2.45) is 0 Å². The van der Waals surface area contributed by atoms with Crippen LogP contribution in [0.25, 0.3) is 34.4 Å². The van der Waals surface area contributed by atoms with E-state index in [0.717, 1.165) is 59.1 Å². The summed E-state index contributed by atoms with van der Waals surface area (Å²) in [5.41, 5.74) is 11.5. The fourth-order valence-corrected chi connectivity index (χ4v) is 10.3. The van der Waals surface area contributed by atoms with Crippen LogP contribution in [0.3, 0.4) is 0 Å². The van der Waals surface area contributed by atoms with E-state index in [2.05, 4.69) is 107 Å². The zero-order valence-corrected chi connectivity index (χ0v) is 46.2. The van der Waals surface area contributed by atoms with Gasteiger partial charge < -0.3 is 20.1 Å². The van der Waals surface area contributed by atoms with Gasteiger partial charge in [0.2, 0.25) is 0 Å². The summed E-state index contributed by atoms with van der Waals surface area (Å²) in [5, 5.41) is 30.2. The molecule has 3 N–H and O–H groups in total. The van der Waals surface area contributed by atoms with Crippen LogP contribution in [0.5, 0.6) is 0 Å². The molecule has 0 radical (unpaired) electrons. The highest BCUT2D eigenvalue weighted by Crippen LogP contribution is 2.42. The summed E-state index contributed by atoms with van der Waals surface area (Å²) in [6.07, 6.45) is 14.0. The van der Waals surface area contributed by atoms with Gasteiger partial charge >= 0.3 is 11.9 Å². The number of carbonyl (C=O) groups is 2. The predicted octanol–water partition coefficient (Wildman–Crippen LogP) is 16.3. The van der Waals surface area contributed by atoms with E-state index < -0.39 is 34.8 Å². The molecule has 8 heteroatoms. The molecule has 6 aromatic rings. The number of methoxy groups -OCH3 is 1. The third-order valence-corrected chi connectivity index (χ3v) is 16.2. The summed E-state index contributed by atoms with van der Waals surface area (Å²) in [4.78, 5) is 22.5. The standard InChI is InChI=1S/C34H41FO3.C33H39FO3/c1-7-33(37,8-2)20-19-25-13-18-30(21-24(25)5)34(9-3,10-4)29-16-14-26(15-17-29)27-11-12-28(31(35)22-27)23-32(36)38-6;1-6-32(37,7-2)19-18-24-12-17-29(20-23(24)5)33(8-3,9-4)28-15-13-25(14-16-28)26-10-11-27(22-31(35)36)30(34)21-26/h11-22,37H,7-10,23H2,1-6H3;10-21,37H,6-9,22H2,1-5H3,(H,35,36)/b20-19+;19-18+. The van der Waals surface area contributed by atoms with E-state index in [1.54, 1.807) is 18.2 Å². The monoisotopic (exact) mass is 1020 g/mol. The van der Waals surface area contributed by atoms with Gasteiger partial charge in [0.25, 0.3) is 0 Å². The van der Waals surface area contributed by atoms with Crippen molar-refractivity contribution in [1.29, 1.82) is 0 Å². The van der Waals surface area contributed by atoms with E-state index in [4.69, 9.17) is 5.11 Å². The molecule has 0 aliphatic rings. The Bertz CT molecular complexity index is 2910. The van der Waals surface area contributed by atoms with Crippen LogP contribution in [0.2, 0.25) is 0 Å². The molecule has 75 heavy (non-hydrogen) atoms. The van der Waals surface area contributed by atoms with Gasteiger partial charge in [-0.25, -0.2) is 8.78 Å². The number of hydrogen-bond acceptors (Lipinski definition) is 5. The van der Waals surface area contributed by atoms with Gasteiger partial charge in [-0.15, -0.1) is 0 Å². The van der Waals surface area contributed by atoms with E-state index in [1.165, 1.54) is 52.6 Å². The normalized spacial score (nSPS) is 12.3. The van der Waals surface area contributed by atoms with Crippen molar-refractivity contribution < 1.29 is 38.4 Å². The Balaban J connectivity index is 0.000000277. The minimum Gasteiger partial charge on any atom is -0.481 e. The summed E-state index contributed by atoms with van der Waals surface area (Å²) in [6, 6.07) is 39.6. The molecule has 0 amide bonds. The molecule has 0 heterocycles. The topological polar surface area (TPSA) is 104 Å². The molecular weight excluding hydrogens is 939 g/mol. The number of aryl methyl sites for hydroxylation is 2. The summed E-state index contributed by atoms with van der Waals surface area (Å²) < 4.78 is 33.7. The number of halogens is 2. The van der Waals surface area contributed by atoms with E-state index in [9.17, 15) is 28.6 Å². The van der Waals surface area contributed by atoms with Gasteiger partial charge in [0.15, 0.2) is 0 Å². The Labute approximate surface area is 446 Å². The molecule has 6 nitrogen and oxygen atoms in total. The van der Waals surface area contributed by atoms with E-state index in [-0.39, 0.29) is 29.2 Å². The minimum atomic E-state index is -1.05. The zero-order chi connectivity index (χ0) is 55.1. The molecule has 0 spiro atoms. The van der Waals surface area contributed by atoms with Gasteiger partial charge in [0.1, 0.15) is 11.6 Å². The van der Waals surface area contributed by atoms with Crippen molar-refractivity contribution in [2.75, 3.05) is 7.11 Å². The van der Waals surface area contributed by atoms with Crippen LogP contribution in [0.15, 0.2) is 133 Å². The third kappa shape index (κ3) is 14.1. The molecule has 6 rings (SSSR count). The SMILES string of the molecule is CCC(O)(/C=C/c1ccc(C(CC)(CC)c2ccc(-c3ccc(CC(=O)O)c(F)c3)cc2)cc1C)CC.CCC(O)(/C=C/c1ccc(C(CC)(CC)c2ccc(-c3ccc(CC(=O)OC)c(F)c3)cc2)cc1C)CC. The van der Waals surface area contributed by atoms with Gasteiger partial charge in [-0.05, 0) is 155 Å². The fourth-order valence-electron chi connectivity index (χ4n) is 10.3. The number of aliphatic hydroxyl groups is 2. The van der Waals surface area contributed by atoms with Crippen molar-refractivity contribution in [1.82, 2.24) is 0 Å². The summed E-state index contributed by atoms with van der Waals surface area (Å²) in [7, 11) is 1.30. The Kier molecular flexibility index (Phi) is 20.9. The Morgan fingerprint density at radius 1 is 0.467 bits per heavy atom. The molecule has 398 valence electrons. The molecule has 0 atom stereocenters. The highest BCUT2D eigenvalue weighted by Gasteiger charge is 2.33. The van der Waals surface area contributed by atoms with Gasteiger partial charge in [-0.1, -0.05) is 189 Å². The molecule has 0 aliphatic heterocycles. The number of aliphatic carboxylic acids is 1. The smallest absolute Gasteiger partial charge is 0.310 e. The molecule has 0 saturated carbocycles. The van der Waals surface area contributed by atoms with Crippen LogP contribution in [0, 0.1) is 25.5 Å². The van der Waals surface area contributed by atoms with Crippen LogP contribution < -0.4 is 0 Å². The highest BCUT2D eigenvalue weighted by molar-refractivity contribution is 5.74. The maximum absolute atomic E-state index is 14.6. The number of rotatable bonds is 22. The van der Waals surface area contributed by atoms with Crippen molar-refractivity contribution in [3.05, 3.63) is 201 Å². The van der Waals surface area contributed by atoms with Crippen molar-refractivity contribution >= 4 is 24.1 Å². The van der Waals surface area contributed by atoms with Crippen molar-refractivity contribution in [3.8, 4) is 22.3 Å². The van der Waals surface area contributed by atoms with Crippen LogP contribution >= 0.6 is 0 Å². The Morgan fingerprint density at radius 3 is 1.09 bits per heavy atom. The highest BCUT2D eigenvalue weighted by atomic mass is 19.1. The lowest BCUT2D eigenvalue weighted by Crippen LogP contribution is -2.26. The van der Waals surface area contributed by atoms with Crippen LogP contribution in [0.1, 0.15) is 162 Å². The van der Waals surface area contributed by atoms with Crippen molar-refractivity contribution in [3.63, 3.8) is 0 Å². The molecule has 0 fully saturated rings. The second-order valence-electron chi connectivity index (χ2n) is 20.1. The number of ether oxygens (including phenoxy) is 1. The fraction of sp³-hybridized carbons (Fsp3) is 0.373. The number of carboxylic acid groups (broad SMARTS) is 1. The lowest BCUT2D eigenvalue weighted by molar-refractivity contribution is -0.140. The van der Waals surface area contributed by atoms with Crippen LogP contribution in [-0.2, 0) is 38.0 Å². The minimum absolute atomic E-state index is 0.0802. The first-order valence-electron chi connectivity index (χ1n) is 26.9. The maximum Gasteiger partial charge on any atom is 0.310 e. The number of hydrogen-bond donors (Lipinski definition) is 3. The van der Waals surface area contributed by atoms with Crippen LogP contribution in [0.4, 0.5) is 8.78 Å². The Morgan fingerprint density at radius 2 is 0.800 bits per heavy atom. The van der Waals surface area contributed by atoms with E-state index in [0.29, 0.717) is 31.2 Å². The number of carboxylic acids is 1.